The number of amides is 1. The van der Waals surface area contributed by atoms with Gasteiger partial charge in [0.25, 0.3) is 0 Å². The molecule has 1 amide bonds. The van der Waals surface area contributed by atoms with Gasteiger partial charge in [-0.05, 0) is 31.0 Å². The van der Waals surface area contributed by atoms with Crippen molar-refractivity contribution in [2.24, 2.45) is 5.73 Å². The van der Waals surface area contributed by atoms with Crippen LogP contribution in [0, 0.1) is 0 Å². The van der Waals surface area contributed by atoms with Crippen LogP contribution in [0.25, 0.3) is 0 Å². The Labute approximate surface area is 113 Å². The molecule has 0 bridgehead atoms. The fourth-order valence-electron chi connectivity index (χ4n) is 1.68. The Morgan fingerprint density at radius 3 is 2.32 bits per heavy atom. The van der Waals surface area contributed by atoms with Crippen LogP contribution >= 0.6 is 0 Å². The first-order chi connectivity index (χ1) is 8.81. The molecule has 106 valence electrons. The average Bonchev–Trinajstić information content (AvgIpc) is 2.35. The van der Waals surface area contributed by atoms with Crippen molar-refractivity contribution in [3.8, 4) is 0 Å². The molecular weight excluding hydrogens is 266 g/mol. The molecule has 0 unspecified atom stereocenters. The topological polar surface area (TPSA) is 115 Å². The van der Waals surface area contributed by atoms with Gasteiger partial charge in [0, 0.05) is 11.6 Å². The zero-order chi connectivity index (χ0) is 14.6. The third-order valence-corrected chi connectivity index (χ3v) is 4.49. The monoisotopic (exact) mass is 285 g/mol. The molecule has 0 saturated heterocycles. The molecular formula is C12H19N3O3S. The second-order valence-corrected chi connectivity index (χ2v) is 5.93. The van der Waals surface area contributed by atoms with Crippen LogP contribution in [0.4, 0.5) is 5.69 Å². The second-order valence-electron chi connectivity index (χ2n) is 4.25. The van der Waals surface area contributed by atoms with Gasteiger partial charge in [0.15, 0.2) is 0 Å². The molecule has 0 fully saturated rings. The van der Waals surface area contributed by atoms with Gasteiger partial charge in [-0.15, -0.1) is 0 Å². The van der Waals surface area contributed by atoms with Crippen molar-refractivity contribution in [3.05, 3.63) is 23.8 Å². The number of primary amides is 1. The van der Waals surface area contributed by atoms with Gasteiger partial charge in [-0.25, -0.2) is 13.1 Å². The van der Waals surface area contributed by atoms with E-state index in [1.807, 2.05) is 13.8 Å². The SMILES string of the molecule is CCC(CC)NS(=O)(=O)c1ccc(C(N)=O)cc1N. The first kappa shape index (κ1) is 15.5. The summed E-state index contributed by atoms with van der Waals surface area (Å²) in [6, 6.07) is 3.77. The van der Waals surface area contributed by atoms with Gasteiger partial charge >= 0.3 is 0 Å². The lowest BCUT2D eigenvalue weighted by Crippen LogP contribution is -2.34. The number of carbonyl (C=O) groups is 1. The Balaban J connectivity index is 3.12. The number of rotatable bonds is 6. The van der Waals surface area contributed by atoms with Gasteiger partial charge in [0.2, 0.25) is 15.9 Å². The molecule has 0 atom stereocenters. The number of hydrogen-bond acceptors (Lipinski definition) is 4. The molecule has 0 aromatic heterocycles. The molecule has 1 aromatic rings. The summed E-state index contributed by atoms with van der Waals surface area (Å²) in [5.74, 6) is -0.649. The summed E-state index contributed by atoms with van der Waals surface area (Å²) in [7, 11) is -3.68. The number of benzene rings is 1. The molecule has 0 aliphatic heterocycles. The summed E-state index contributed by atoms with van der Waals surface area (Å²) in [6.07, 6.45) is 1.38. The van der Waals surface area contributed by atoms with E-state index in [2.05, 4.69) is 4.72 Å². The fourth-order valence-corrected chi connectivity index (χ4v) is 3.20. The van der Waals surface area contributed by atoms with Crippen molar-refractivity contribution in [2.75, 3.05) is 5.73 Å². The van der Waals surface area contributed by atoms with Gasteiger partial charge < -0.3 is 11.5 Å². The Morgan fingerprint density at radius 1 is 1.32 bits per heavy atom. The summed E-state index contributed by atoms with van der Waals surface area (Å²) < 4.78 is 26.9. The lowest BCUT2D eigenvalue weighted by atomic mass is 10.2. The van der Waals surface area contributed by atoms with E-state index < -0.39 is 15.9 Å². The van der Waals surface area contributed by atoms with Crippen LogP contribution in [0.3, 0.4) is 0 Å². The maximum absolute atomic E-state index is 12.2. The fraction of sp³-hybridized carbons (Fsp3) is 0.417. The molecule has 0 heterocycles. The van der Waals surface area contributed by atoms with Crippen molar-refractivity contribution < 1.29 is 13.2 Å². The molecule has 5 N–H and O–H groups in total. The largest absolute Gasteiger partial charge is 0.398 e. The Kier molecular flexibility index (Phi) is 4.90. The highest BCUT2D eigenvalue weighted by Crippen LogP contribution is 2.20. The van der Waals surface area contributed by atoms with Crippen LogP contribution in [0.5, 0.6) is 0 Å². The zero-order valence-corrected chi connectivity index (χ0v) is 11.8. The minimum Gasteiger partial charge on any atom is -0.398 e. The highest BCUT2D eigenvalue weighted by atomic mass is 32.2. The third-order valence-electron chi connectivity index (χ3n) is 2.89. The molecule has 0 radical (unpaired) electrons. The number of sulfonamides is 1. The van der Waals surface area contributed by atoms with E-state index in [9.17, 15) is 13.2 Å². The lowest BCUT2D eigenvalue weighted by molar-refractivity contribution is 0.1000. The summed E-state index contributed by atoms with van der Waals surface area (Å²) in [6.45, 7) is 3.80. The molecule has 6 nitrogen and oxygen atoms in total. The van der Waals surface area contributed by atoms with Crippen LogP contribution in [0.2, 0.25) is 0 Å². The predicted molar refractivity (Wildman–Crippen MR) is 74.1 cm³/mol. The zero-order valence-electron chi connectivity index (χ0n) is 11.0. The molecule has 1 aromatic carbocycles. The number of nitrogens with one attached hydrogen (secondary N) is 1. The van der Waals surface area contributed by atoms with Crippen LogP contribution in [0.1, 0.15) is 37.0 Å². The smallest absolute Gasteiger partial charge is 0.248 e. The first-order valence-electron chi connectivity index (χ1n) is 6.03. The molecule has 19 heavy (non-hydrogen) atoms. The van der Waals surface area contributed by atoms with E-state index >= 15 is 0 Å². The summed E-state index contributed by atoms with van der Waals surface area (Å²) in [5, 5.41) is 0. The van der Waals surface area contributed by atoms with Crippen LogP contribution in [-0.2, 0) is 10.0 Å². The third kappa shape index (κ3) is 3.68. The maximum atomic E-state index is 12.2. The lowest BCUT2D eigenvalue weighted by Gasteiger charge is -2.16. The average molecular weight is 285 g/mol. The van der Waals surface area contributed by atoms with E-state index in [-0.39, 0.29) is 22.2 Å². The van der Waals surface area contributed by atoms with Gasteiger partial charge in [0.05, 0.1) is 5.69 Å². The Morgan fingerprint density at radius 2 is 1.89 bits per heavy atom. The Hall–Kier alpha value is -1.60. The summed E-state index contributed by atoms with van der Waals surface area (Å²) in [5.41, 5.74) is 11.0. The van der Waals surface area contributed by atoms with Crippen LogP contribution < -0.4 is 16.2 Å². The van der Waals surface area contributed by atoms with Gasteiger partial charge in [-0.1, -0.05) is 13.8 Å². The van der Waals surface area contributed by atoms with Crippen LogP contribution in [-0.4, -0.2) is 20.4 Å². The van der Waals surface area contributed by atoms with Gasteiger partial charge in [0.1, 0.15) is 4.90 Å². The summed E-state index contributed by atoms with van der Waals surface area (Å²) in [4.78, 5) is 10.9. The van der Waals surface area contributed by atoms with E-state index in [0.717, 1.165) is 0 Å². The van der Waals surface area contributed by atoms with Gasteiger partial charge in [-0.2, -0.15) is 0 Å². The standard InChI is InChI=1S/C12H19N3O3S/c1-3-9(4-2)15-19(17,18)11-6-5-8(12(14)16)7-10(11)13/h5-7,9,15H,3-4,13H2,1-2H3,(H2,14,16). The number of nitrogens with two attached hydrogens (primary N) is 2. The minimum atomic E-state index is -3.68. The first-order valence-corrected chi connectivity index (χ1v) is 7.51. The number of nitrogen functional groups attached to an aromatic ring is 1. The molecule has 0 saturated carbocycles. The van der Waals surface area contributed by atoms with Gasteiger partial charge in [-0.3, -0.25) is 4.79 Å². The second kappa shape index (κ2) is 6.03. The summed E-state index contributed by atoms with van der Waals surface area (Å²) >= 11 is 0. The van der Waals surface area contributed by atoms with Crippen LogP contribution in [0.15, 0.2) is 23.1 Å². The molecule has 0 aliphatic carbocycles. The van der Waals surface area contributed by atoms with E-state index in [1.165, 1.54) is 18.2 Å². The normalized spacial score (nSPS) is 11.7. The number of hydrogen-bond donors (Lipinski definition) is 3. The highest BCUT2D eigenvalue weighted by Gasteiger charge is 2.21. The maximum Gasteiger partial charge on any atom is 0.248 e. The quantitative estimate of drug-likeness (QED) is 0.671. The number of anilines is 1. The van der Waals surface area contributed by atoms with Crippen molar-refractivity contribution in [2.45, 2.75) is 37.6 Å². The van der Waals surface area contributed by atoms with E-state index in [4.69, 9.17) is 11.5 Å². The molecule has 1 rings (SSSR count). The number of carbonyl (C=O) groups excluding carboxylic acids is 1. The van der Waals surface area contributed by atoms with Crippen molar-refractivity contribution in [1.82, 2.24) is 4.72 Å². The van der Waals surface area contributed by atoms with Crippen molar-refractivity contribution >= 4 is 21.6 Å². The molecule has 7 heteroatoms. The molecule has 0 aliphatic rings. The molecule has 0 spiro atoms. The minimum absolute atomic E-state index is 0.00903. The Bertz CT molecular complexity index is 566. The highest BCUT2D eigenvalue weighted by molar-refractivity contribution is 7.89. The van der Waals surface area contributed by atoms with E-state index in [1.54, 1.807) is 0 Å². The van der Waals surface area contributed by atoms with E-state index in [0.29, 0.717) is 12.8 Å². The van der Waals surface area contributed by atoms with Crippen molar-refractivity contribution in [1.29, 1.82) is 0 Å². The van der Waals surface area contributed by atoms with Crippen molar-refractivity contribution in [3.63, 3.8) is 0 Å². The predicted octanol–water partition coefficient (Wildman–Crippen LogP) is 0.835.